The van der Waals surface area contributed by atoms with Gasteiger partial charge in [0.1, 0.15) is 23.0 Å². The monoisotopic (exact) mass is 343 g/mol. The van der Waals surface area contributed by atoms with Gasteiger partial charge in [-0.15, -0.1) is 0 Å². The van der Waals surface area contributed by atoms with Gasteiger partial charge in [-0.3, -0.25) is 4.79 Å². The van der Waals surface area contributed by atoms with Crippen molar-refractivity contribution in [2.45, 2.75) is 39.3 Å². The Hall–Kier alpha value is -2.41. The molecule has 1 aliphatic rings. The molecule has 2 aromatic heterocycles. The Balaban J connectivity index is 1.80. The Morgan fingerprint density at radius 2 is 2.40 bits per heavy atom. The summed E-state index contributed by atoms with van der Waals surface area (Å²) in [7, 11) is 0. The molecule has 2 aromatic rings. The number of nitrogens with zero attached hydrogens (tertiary/aromatic N) is 3. The first-order chi connectivity index (χ1) is 12.2. The molecule has 1 aliphatic heterocycles. The number of hydrogen-bond donors (Lipinski definition) is 2. The van der Waals surface area contributed by atoms with Crippen molar-refractivity contribution in [1.29, 1.82) is 0 Å². The molecule has 1 fully saturated rings. The third-order valence-electron chi connectivity index (χ3n) is 4.46. The molecule has 0 radical (unpaired) electrons. The van der Waals surface area contributed by atoms with Crippen molar-refractivity contribution in [1.82, 2.24) is 20.2 Å². The first kappa shape index (κ1) is 17.4. The maximum atomic E-state index is 13.1. The number of piperidine rings is 1. The fraction of sp³-hybridized carbons (Fsp3) is 0.500. The third-order valence-corrected chi connectivity index (χ3v) is 4.46. The SMILES string of the molecule is CCN(C(=O)c1cnc(C)nc1NCc1ccco1)[C@@H]1CCCNC1. The average molecular weight is 343 g/mol. The highest BCUT2D eigenvalue weighted by atomic mass is 16.3. The van der Waals surface area contributed by atoms with Crippen LogP contribution in [0.15, 0.2) is 29.0 Å². The molecule has 1 atom stereocenters. The van der Waals surface area contributed by atoms with Crippen LogP contribution in [0.4, 0.5) is 5.82 Å². The summed E-state index contributed by atoms with van der Waals surface area (Å²) < 4.78 is 5.34. The molecule has 1 amide bonds. The molecule has 25 heavy (non-hydrogen) atoms. The second kappa shape index (κ2) is 8.11. The number of rotatable bonds is 6. The molecule has 7 heteroatoms. The number of anilines is 1. The molecule has 0 unspecified atom stereocenters. The highest BCUT2D eigenvalue weighted by Crippen LogP contribution is 2.19. The molecule has 0 spiro atoms. The molecule has 3 rings (SSSR count). The number of hydrogen-bond acceptors (Lipinski definition) is 6. The number of furan rings is 1. The number of amides is 1. The second-order valence-electron chi connectivity index (χ2n) is 6.20. The number of likely N-dealkylation sites (N-methyl/N-ethyl adjacent to an activating group) is 1. The standard InChI is InChI=1S/C18H25N5O2/c1-3-23(14-6-4-8-19-10-14)18(24)16-12-20-13(2)22-17(16)21-11-15-7-5-9-25-15/h5,7,9,12,14,19H,3-4,6,8,10-11H2,1-2H3,(H,20,21,22)/t14-/m1/s1. The van der Waals surface area contributed by atoms with E-state index in [2.05, 4.69) is 20.6 Å². The third kappa shape index (κ3) is 4.17. The summed E-state index contributed by atoms with van der Waals surface area (Å²) in [4.78, 5) is 23.7. The van der Waals surface area contributed by atoms with Crippen LogP contribution in [0.1, 0.15) is 41.7 Å². The van der Waals surface area contributed by atoms with Crippen molar-refractivity contribution < 1.29 is 9.21 Å². The summed E-state index contributed by atoms with van der Waals surface area (Å²) in [6.45, 7) is 6.82. The van der Waals surface area contributed by atoms with Crippen LogP contribution in [-0.2, 0) is 6.54 Å². The maximum absolute atomic E-state index is 13.1. The number of carbonyl (C=O) groups is 1. The largest absolute Gasteiger partial charge is 0.467 e. The van der Waals surface area contributed by atoms with Crippen molar-refractivity contribution in [2.24, 2.45) is 0 Å². The topological polar surface area (TPSA) is 83.3 Å². The molecule has 0 aromatic carbocycles. The van der Waals surface area contributed by atoms with Gasteiger partial charge in [0.05, 0.1) is 12.8 Å². The Morgan fingerprint density at radius 1 is 1.52 bits per heavy atom. The van der Waals surface area contributed by atoms with Crippen molar-refractivity contribution >= 4 is 11.7 Å². The Morgan fingerprint density at radius 3 is 3.08 bits per heavy atom. The van der Waals surface area contributed by atoms with Gasteiger partial charge in [-0.25, -0.2) is 9.97 Å². The summed E-state index contributed by atoms with van der Waals surface area (Å²) >= 11 is 0. The molecular weight excluding hydrogens is 318 g/mol. The van der Waals surface area contributed by atoms with E-state index in [0.717, 1.165) is 31.7 Å². The first-order valence-corrected chi connectivity index (χ1v) is 8.80. The van der Waals surface area contributed by atoms with Crippen LogP contribution in [-0.4, -0.2) is 46.5 Å². The summed E-state index contributed by atoms with van der Waals surface area (Å²) in [6, 6.07) is 3.93. The predicted octanol–water partition coefficient (Wildman–Crippen LogP) is 2.20. The minimum atomic E-state index is -0.0295. The maximum Gasteiger partial charge on any atom is 0.259 e. The van der Waals surface area contributed by atoms with E-state index in [1.807, 2.05) is 30.9 Å². The van der Waals surface area contributed by atoms with Gasteiger partial charge in [0.2, 0.25) is 0 Å². The van der Waals surface area contributed by atoms with Gasteiger partial charge >= 0.3 is 0 Å². The Kier molecular flexibility index (Phi) is 5.65. The van der Waals surface area contributed by atoms with Gasteiger partial charge in [0.15, 0.2) is 0 Å². The van der Waals surface area contributed by atoms with E-state index in [1.165, 1.54) is 0 Å². The molecule has 0 saturated carbocycles. The molecule has 2 N–H and O–H groups in total. The van der Waals surface area contributed by atoms with Crippen molar-refractivity contribution in [3.63, 3.8) is 0 Å². The summed E-state index contributed by atoms with van der Waals surface area (Å²) in [6.07, 6.45) is 5.36. The lowest BCUT2D eigenvalue weighted by Crippen LogP contribution is -2.48. The second-order valence-corrected chi connectivity index (χ2v) is 6.20. The quantitative estimate of drug-likeness (QED) is 0.837. The molecule has 7 nitrogen and oxygen atoms in total. The number of carbonyl (C=O) groups excluding carboxylic acids is 1. The summed E-state index contributed by atoms with van der Waals surface area (Å²) in [5.74, 6) is 1.94. The van der Waals surface area contributed by atoms with Gasteiger partial charge in [-0.05, 0) is 45.4 Å². The Bertz CT molecular complexity index is 695. The van der Waals surface area contributed by atoms with Crippen molar-refractivity contribution in [2.75, 3.05) is 25.0 Å². The summed E-state index contributed by atoms with van der Waals surface area (Å²) in [5.41, 5.74) is 0.504. The number of aryl methyl sites for hydroxylation is 1. The van der Waals surface area contributed by atoms with Crippen LogP contribution in [0.2, 0.25) is 0 Å². The zero-order chi connectivity index (χ0) is 17.6. The van der Waals surface area contributed by atoms with Crippen molar-refractivity contribution in [3.8, 4) is 0 Å². The highest BCUT2D eigenvalue weighted by Gasteiger charge is 2.27. The molecule has 0 aliphatic carbocycles. The molecule has 1 saturated heterocycles. The highest BCUT2D eigenvalue weighted by molar-refractivity contribution is 5.98. The van der Waals surface area contributed by atoms with E-state index in [4.69, 9.17) is 4.42 Å². The predicted molar refractivity (Wildman–Crippen MR) is 95.4 cm³/mol. The zero-order valence-corrected chi connectivity index (χ0v) is 14.8. The summed E-state index contributed by atoms with van der Waals surface area (Å²) in [5, 5.41) is 6.58. The Labute approximate surface area is 147 Å². The van der Waals surface area contributed by atoms with Gasteiger partial charge < -0.3 is 20.0 Å². The number of aromatic nitrogens is 2. The van der Waals surface area contributed by atoms with E-state index >= 15 is 0 Å². The van der Waals surface area contributed by atoms with Gasteiger partial charge in [-0.2, -0.15) is 0 Å². The normalized spacial score (nSPS) is 17.3. The fourth-order valence-corrected chi connectivity index (χ4v) is 3.17. The van der Waals surface area contributed by atoms with E-state index < -0.39 is 0 Å². The average Bonchev–Trinajstić information content (AvgIpc) is 3.15. The van der Waals surface area contributed by atoms with E-state index in [0.29, 0.717) is 30.3 Å². The van der Waals surface area contributed by atoms with Crippen LogP contribution in [0.25, 0.3) is 0 Å². The van der Waals surface area contributed by atoms with E-state index in [1.54, 1.807) is 12.5 Å². The molecule has 134 valence electrons. The minimum Gasteiger partial charge on any atom is -0.467 e. The van der Waals surface area contributed by atoms with Crippen LogP contribution in [0.3, 0.4) is 0 Å². The van der Waals surface area contributed by atoms with Gasteiger partial charge in [0.25, 0.3) is 5.91 Å². The van der Waals surface area contributed by atoms with Crippen LogP contribution in [0.5, 0.6) is 0 Å². The van der Waals surface area contributed by atoms with E-state index in [9.17, 15) is 4.79 Å². The smallest absolute Gasteiger partial charge is 0.259 e. The van der Waals surface area contributed by atoms with Crippen LogP contribution < -0.4 is 10.6 Å². The van der Waals surface area contributed by atoms with Gasteiger partial charge in [0, 0.05) is 25.3 Å². The minimum absolute atomic E-state index is 0.0295. The fourth-order valence-electron chi connectivity index (χ4n) is 3.17. The van der Waals surface area contributed by atoms with E-state index in [-0.39, 0.29) is 11.9 Å². The lowest BCUT2D eigenvalue weighted by atomic mass is 10.0. The van der Waals surface area contributed by atoms with Crippen LogP contribution in [0, 0.1) is 6.92 Å². The lowest BCUT2D eigenvalue weighted by Gasteiger charge is -2.34. The van der Waals surface area contributed by atoms with Gasteiger partial charge in [-0.1, -0.05) is 0 Å². The zero-order valence-electron chi connectivity index (χ0n) is 14.8. The number of nitrogens with one attached hydrogen (secondary N) is 2. The molecular formula is C18H25N5O2. The molecule has 0 bridgehead atoms. The van der Waals surface area contributed by atoms with Crippen LogP contribution >= 0.6 is 0 Å². The molecule has 3 heterocycles. The van der Waals surface area contributed by atoms with Crippen molar-refractivity contribution in [3.05, 3.63) is 41.7 Å². The lowest BCUT2D eigenvalue weighted by molar-refractivity contribution is 0.0662. The first-order valence-electron chi connectivity index (χ1n) is 8.80.